The summed E-state index contributed by atoms with van der Waals surface area (Å²) >= 11 is 0. The number of aromatic nitrogens is 4. The summed E-state index contributed by atoms with van der Waals surface area (Å²) in [5.74, 6) is 1.26. The van der Waals surface area contributed by atoms with Crippen molar-refractivity contribution >= 4 is 110 Å². The number of para-hydroxylation sites is 8. The third-order valence-electron chi connectivity index (χ3n) is 14.7. The number of allylic oxidation sites excluding steroid dienone is 4. The van der Waals surface area contributed by atoms with Gasteiger partial charge in [-0.15, -0.1) is 0 Å². The molecule has 1 N–H and O–H groups in total. The van der Waals surface area contributed by atoms with E-state index in [-0.39, 0.29) is 0 Å². The van der Waals surface area contributed by atoms with E-state index in [0.29, 0.717) is 11.8 Å². The smallest absolute Gasteiger partial charge is 0.237 e. The molecular weight excluding hydrogens is 867 g/mol. The summed E-state index contributed by atoms with van der Waals surface area (Å²) in [6, 6.07) is 74.1. The van der Waals surface area contributed by atoms with Crippen molar-refractivity contribution in [2.75, 3.05) is 0 Å². The van der Waals surface area contributed by atoms with Crippen molar-refractivity contribution in [1.82, 2.24) is 23.6 Å². The summed E-state index contributed by atoms with van der Waals surface area (Å²) in [5.41, 5.74) is 15.1. The molecule has 9 aromatic carbocycles. The fourth-order valence-electron chi connectivity index (χ4n) is 11.8. The van der Waals surface area contributed by atoms with Crippen LogP contribution in [0, 0.1) is 0 Å². The second-order valence-electron chi connectivity index (χ2n) is 18.5. The molecule has 2 aliphatic rings. The Morgan fingerprint density at radius 2 is 0.859 bits per heavy atom. The number of hydrogen-bond donors (Lipinski definition) is 1. The van der Waals surface area contributed by atoms with E-state index in [1.807, 2.05) is 0 Å². The van der Waals surface area contributed by atoms with Gasteiger partial charge in [-0.2, -0.15) is 4.99 Å². The maximum Gasteiger partial charge on any atom is 0.237 e. The first-order valence-electron chi connectivity index (χ1n) is 24.4. The van der Waals surface area contributed by atoms with E-state index >= 15 is 0 Å². The van der Waals surface area contributed by atoms with Gasteiger partial charge in [0.1, 0.15) is 5.84 Å². The number of amidine groups is 1. The molecule has 7 nitrogen and oxygen atoms in total. The normalized spacial score (nSPS) is 14.2. The van der Waals surface area contributed by atoms with Crippen molar-refractivity contribution in [3.8, 4) is 11.4 Å². The topological polar surface area (TPSA) is 56.5 Å². The second kappa shape index (κ2) is 15.5. The molecule has 13 aromatic rings. The number of rotatable bonds is 5. The molecule has 0 spiro atoms. The average Bonchev–Trinajstić information content (AvgIpc) is 4.12. The van der Waals surface area contributed by atoms with E-state index in [4.69, 9.17) is 9.98 Å². The lowest BCUT2D eigenvalue weighted by Crippen LogP contribution is -2.22. The molecule has 0 bridgehead atoms. The Balaban J connectivity index is 1.05. The van der Waals surface area contributed by atoms with Gasteiger partial charge in [0.2, 0.25) is 5.96 Å². The van der Waals surface area contributed by atoms with E-state index < -0.39 is 0 Å². The van der Waals surface area contributed by atoms with E-state index in [1.54, 1.807) is 0 Å². The van der Waals surface area contributed by atoms with Crippen molar-refractivity contribution in [3.05, 3.63) is 242 Å². The third-order valence-corrected chi connectivity index (χ3v) is 14.7. The SMILES string of the molecule is C1=CCCC(n2c3ccccc3c3c4c5ccccc5n(C5=NC(c6cccc7c8ccccc8n(-c8ccccc8)c67)=CNC(c6cccc7c8ccccc8n(-c8ccccc8)c67)=N5)c4ccc32)=C1. The number of hydrogen-bond acceptors (Lipinski definition) is 3. The minimum absolute atomic E-state index is 0.560. The van der Waals surface area contributed by atoms with Gasteiger partial charge in [-0.3, -0.25) is 4.57 Å². The zero-order valence-electron chi connectivity index (χ0n) is 38.5. The Labute approximate surface area is 408 Å². The highest BCUT2D eigenvalue weighted by Crippen LogP contribution is 2.44. The molecular formula is C64H43N7. The molecule has 0 saturated carbocycles. The summed E-state index contributed by atoms with van der Waals surface area (Å²) in [4.78, 5) is 11.6. The molecule has 0 unspecified atom stereocenters. The second-order valence-corrected chi connectivity index (χ2v) is 18.5. The first-order valence-corrected chi connectivity index (χ1v) is 24.4. The first kappa shape index (κ1) is 39.5. The van der Waals surface area contributed by atoms with Crippen LogP contribution in [0.2, 0.25) is 0 Å². The molecule has 4 aromatic heterocycles. The van der Waals surface area contributed by atoms with Crippen molar-refractivity contribution < 1.29 is 0 Å². The molecule has 71 heavy (non-hydrogen) atoms. The maximum atomic E-state index is 5.79. The van der Waals surface area contributed by atoms with Crippen LogP contribution in [0.3, 0.4) is 0 Å². The lowest BCUT2D eigenvalue weighted by atomic mass is 10.1. The number of aliphatic imine (C=N–C) groups is 2. The highest BCUT2D eigenvalue weighted by Gasteiger charge is 2.26. The molecule has 7 heteroatoms. The molecule has 334 valence electrons. The lowest BCUT2D eigenvalue weighted by molar-refractivity contribution is 0.979. The number of nitrogens with one attached hydrogen (secondary N) is 1. The van der Waals surface area contributed by atoms with Gasteiger partial charge in [0.15, 0.2) is 0 Å². The Morgan fingerprint density at radius 3 is 1.44 bits per heavy atom. The van der Waals surface area contributed by atoms with Crippen molar-refractivity contribution in [2.45, 2.75) is 12.8 Å². The Morgan fingerprint density at radius 1 is 0.380 bits per heavy atom. The monoisotopic (exact) mass is 909 g/mol. The van der Waals surface area contributed by atoms with Crippen molar-refractivity contribution in [2.24, 2.45) is 9.98 Å². The van der Waals surface area contributed by atoms with Crippen LogP contribution < -0.4 is 5.32 Å². The predicted octanol–water partition coefficient (Wildman–Crippen LogP) is 15.5. The molecule has 5 heterocycles. The Kier molecular flexibility index (Phi) is 8.65. The first-order chi connectivity index (χ1) is 35.3. The minimum Gasteiger partial charge on any atom is -0.344 e. The van der Waals surface area contributed by atoms with Crippen molar-refractivity contribution in [3.63, 3.8) is 0 Å². The molecule has 15 rings (SSSR count). The minimum atomic E-state index is 0.560. The van der Waals surface area contributed by atoms with Crippen LogP contribution in [0.15, 0.2) is 241 Å². The van der Waals surface area contributed by atoms with E-state index in [9.17, 15) is 0 Å². The molecule has 0 atom stereocenters. The quantitative estimate of drug-likeness (QED) is 0.184. The van der Waals surface area contributed by atoms with Gasteiger partial charge in [-0.05, 0) is 85.6 Å². The van der Waals surface area contributed by atoms with Gasteiger partial charge < -0.3 is 19.0 Å². The van der Waals surface area contributed by atoms with Crippen LogP contribution in [0.1, 0.15) is 24.0 Å². The molecule has 0 amide bonds. The molecule has 0 radical (unpaired) electrons. The van der Waals surface area contributed by atoms with Crippen LogP contribution in [-0.4, -0.2) is 30.1 Å². The number of fused-ring (bicyclic) bond motifs is 13. The molecule has 1 aliphatic heterocycles. The van der Waals surface area contributed by atoms with Crippen LogP contribution >= 0.6 is 0 Å². The Hall–Kier alpha value is -9.46. The molecule has 0 fully saturated rings. The third kappa shape index (κ3) is 5.84. The Bertz CT molecular complexity index is 4530. The van der Waals surface area contributed by atoms with E-state index in [1.165, 1.54) is 43.7 Å². The van der Waals surface area contributed by atoms with Crippen molar-refractivity contribution in [1.29, 1.82) is 0 Å². The molecule has 1 aliphatic carbocycles. The fraction of sp³-hybridized carbons (Fsp3) is 0.0312. The van der Waals surface area contributed by atoms with Gasteiger partial charge in [-0.1, -0.05) is 152 Å². The van der Waals surface area contributed by atoms with E-state index in [2.05, 4.69) is 254 Å². The predicted molar refractivity (Wildman–Crippen MR) is 297 cm³/mol. The highest BCUT2D eigenvalue weighted by molar-refractivity contribution is 6.31. The van der Waals surface area contributed by atoms with E-state index in [0.717, 1.165) is 90.3 Å². The van der Waals surface area contributed by atoms with Gasteiger partial charge >= 0.3 is 0 Å². The van der Waals surface area contributed by atoms with Gasteiger partial charge in [0, 0.05) is 77.5 Å². The summed E-state index contributed by atoms with van der Waals surface area (Å²) in [6.07, 6.45) is 10.8. The average molecular weight is 910 g/mol. The summed E-state index contributed by atoms with van der Waals surface area (Å²) in [6.45, 7) is 0. The zero-order valence-corrected chi connectivity index (χ0v) is 38.5. The lowest BCUT2D eigenvalue weighted by Gasteiger charge is -2.14. The van der Waals surface area contributed by atoms with Crippen LogP contribution in [0.25, 0.3) is 110 Å². The largest absolute Gasteiger partial charge is 0.344 e. The van der Waals surface area contributed by atoms with Gasteiger partial charge in [0.25, 0.3) is 0 Å². The fourth-order valence-corrected chi connectivity index (χ4v) is 11.8. The highest BCUT2D eigenvalue weighted by atomic mass is 15.2. The van der Waals surface area contributed by atoms with Gasteiger partial charge in [-0.25, -0.2) is 4.99 Å². The standard InChI is InChI=1S/C64H43N7/c1-4-20-41(21-5-1)68-55-36-16-12-28-49(55)59-57(68)38-39-58-60(59)50-29-13-17-37-56(50)71(58)64-66-52(48-32-18-30-46-44-26-10-14-34-53(44)69(61(46)48)42-22-6-2-7-23-42)40-65-63(67-64)51-33-19-31-47-45-27-11-15-35-54(45)70(62(47)51)43-24-8-3-9-25-43/h1-4,6-20,22-40H,5,21H2,(H,65,66,67). The molecule has 0 saturated heterocycles. The number of nitrogens with zero attached hydrogens (tertiary/aromatic N) is 6. The zero-order chi connectivity index (χ0) is 46.6. The summed E-state index contributed by atoms with van der Waals surface area (Å²) < 4.78 is 9.52. The van der Waals surface area contributed by atoms with Gasteiger partial charge in [0.05, 0.1) is 49.8 Å². The van der Waals surface area contributed by atoms with Crippen LogP contribution in [-0.2, 0) is 0 Å². The maximum absolute atomic E-state index is 5.79. The summed E-state index contributed by atoms with van der Waals surface area (Å²) in [7, 11) is 0. The summed E-state index contributed by atoms with van der Waals surface area (Å²) in [5, 5.41) is 13.3. The number of benzene rings is 9. The van der Waals surface area contributed by atoms with Crippen LogP contribution in [0.4, 0.5) is 0 Å². The van der Waals surface area contributed by atoms with Crippen LogP contribution in [0.5, 0.6) is 0 Å².